The van der Waals surface area contributed by atoms with Crippen LogP contribution >= 0.6 is 0 Å². The third-order valence-corrected chi connectivity index (χ3v) is 3.29. The average molecular weight is 291 g/mol. The van der Waals surface area contributed by atoms with E-state index in [1.54, 1.807) is 4.90 Å². The first-order chi connectivity index (χ1) is 9.81. The van der Waals surface area contributed by atoms with Gasteiger partial charge >= 0.3 is 5.97 Å². The molecule has 21 heavy (non-hydrogen) atoms. The highest BCUT2D eigenvalue weighted by atomic mass is 16.4. The van der Waals surface area contributed by atoms with E-state index in [2.05, 4.69) is 13.8 Å². The molecular formula is C17H25NO3. The number of nitrogens with zero attached hydrogens (tertiary/aromatic N) is 1. The summed E-state index contributed by atoms with van der Waals surface area (Å²) in [5.74, 6) is -0.252. The number of aliphatic carboxylic acids is 1. The number of benzene rings is 1. The highest BCUT2D eigenvalue weighted by Gasteiger charge is 2.18. The van der Waals surface area contributed by atoms with Gasteiger partial charge in [0.2, 0.25) is 0 Å². The van der Waals surface area contributed by atoms with Gasteiger partial charge in [0.05, 0.1) is 6.42 Å². The molecule has 1 N–H and O–H groups in total. The Morgan fingerprint density at radius 1 is 1.10 bits per heavy atom. The lowest BCUT2D eigenvalue weighted by atomic mass is 10.0. The van der Waals surface area contributed by atoms with Crippen LogP contribution in [0.2, 0.25) is 0 Å². The molecule has 1 aromatic rings. The zero-order valence-electron chi connectivity index (χ0n) is 13.3. The third-order valence-electron chi connectivity index (χ3n) is 3.29. The molecule has 0 bridgehead atoms. The molecule has 1 rings (SSSR count). The van der Waals surface area contributed by atoms with Gasteiger partial charge in [-0.15, -0.1) is 0 Å². The fourth-order valence-electron chi connectivity index (χ4n) is 2.14. The quantitative estimate of drug-likeness (QED) is 0.837. The Balaban J connectivity index is 2.85. The molecule has 0 aliphatic heterocycles. The fraction of sp³-hybridized carbons (Fsp3) is 0.529. The molecular weight excluding hydrogens is 266 g/mol. The van der Waals surface area contributed by atoms with Crippen LogP contribution in [0.15, 0.2) is 24.3 Å². The van der Waals surface area contributed by atoms with Crippen molar-refractivity contribution in [1.82, 2.24) is 4.90 Å². The lowest BCUT2D eigenvalue weighted by Gasteiger charge is -2.24. The van der Waals surface area contributed by atoms with Crippen LogP contribution < -0.4 is 0 Å². The largest absolute Gasteiger partial charge is 0.481 e. The van der Waals surface area contributed by atoms with Crippen molar-refractivity contribution in [2.24, 2.45) is 5.92 Å². The summed E-state index contributed by atoms with van der Waals surface area (Å²) < 4.78 is 0. The molecule has 0 unspecified atom stereocenters. The molecule has 0 heterocycles. The minimum atomic E-state index is -0.883. The lowest BCUT2D eigenvalue weighted by molar-refractivity contribution is -0.137. The topological polar surface area (TPSA) is 57.6 Å². The molecule has 0 spiro atoms. The van der Waals surface area contributed by atoms with Crippen molar-refractivity contribution >= 4 is 11.9 Å². The van der Waals surface area contributed by atoms with E-state index in [4.69, 9.17) is 5.11 Å². The Hall–Kier alpha value is -1.84. The molecule has 4 heteroatoms. The lowest BCUT2D eigenvalue weighted by Crippen LogP contribution is -2.36. The molecule has 0 aliphatic carbocycles. The Kier molecular flexibility index (Phi) is 6.40. The molecule has 0 atom stereocenters. The molecule has 0 saturated carbocycles. The standard InChI is InChI=1S/C17H25NO3/c1-12(2)11-18(10-9-16(19)20)17(21)15-7-5-14(6-8-15)13(3)4/h5-8,12-13H,9-11H2,1-4H3,(H,19,20). The fourth-order valence-corrected chi connectivity index (χ4v) is 2.14. The molecule has 0 fully saturated rings. The van der Waals surface area contributed by atoms with Gasteiger partial charge in [0.15, 0.2) is 0 Å². The van der Waals surface area contributed by atoms with E-state index in [1.807, 2.05) is 38.1 Å². The molecule has 1 aromatic carbocycles. The Labute approximate surface area is 126 Å². The summed E-state index contributed by atoms with van der Waals surface area (Å²) in [5, 5.41) is 8.81. The number of hydrogen-bond donors (Lipinski definition) is 1. The monoisotopic (exact) mass is 291 g/mol. The maximum atomic E-state index is 12.5. The SMILES string of the molecule is CC(C)CN(CCC(=O)O)C(=O)c1ccc(C(C)C)cc1. The van der Waals surface area contributed by atoms with E-state index in [-0.39, 0.29) is 18.9 Å². The summed E-state index contributed by atoms with van der Waals surface area (Å²) in [6, 6.07) is 7.57. The van der Waals surface area contributed by atoms with Gasteiger partial charge in [-0.1, -0.05) is 39.8 Å². The van der Waals surface area contributed by atoms with Crippen LogP contribution in [0.4, 0.5) is 0 Å². The minimum absolute atomic E-state index is 0.0253. The van der Waals surface area contributed by atoms with Crippen LogP contribution in [0.5, 0.6) is 0 Å². The highest BCUT2D eigenvalue weighted by Crippen LogP contribution is 2.16. The highest BCUT2D eigenvalue weighted by molar-refractivity contribution is 5.94. The van der Waals surface area contributed by atoms with Gasteiger partial charge in [0.25, 0.3) is 5.91 Å². The van der Waals surface area contributed by atoms with Gasteiger partial charge in [-0.3, -0.25) is 9.59 Å². The molecule has 0 aromatic heterocycles. The first-order valence-electron chi connectivity index (χ1n) is 7.42. The van der Waals surface area contributed by atoms with Crippen LogP contribution in [-0.4, -0.2) is 35.0 Å². The maximum absolute atomic E-state index is 12.5. The smallest absolute Gasteiger partial charge is 0.305 e. The van der Waals surface area contributed by atoms with Crippen LogP contribution in [0.1, 0.15) is 56.0 Å². The second kappa shape index (κ2) is 7.81. The van der Waals surface area contributed by atoms with E-state index in [0.717, 1.165) is 0 Å². The van der Waals surface area contributed by atoms with Gasteiger partial charge in [0.1, 0.15) is 0 Å². The van der Waals surface area contributed by atoms with Crippen LogP contribution in [0.3, 0.4) is 0 Å². The number of carbonyl (C=O) groups excluding carboxylic acids is 1. The van der Waals surface area contributed by atoms with Crippen molar-refractivity contribution in [1.29, 1.82) is 0 Å². The summed E-state index contributed by atoms with van der Waals surface area (Å²) in [7, 11) is 0. The minimum Gasteiger partial charge on any atom is -0.481 e. The van der Waals surface area contributed by atoms with Crippen LogP contribution in [0, 0.1) is 5.92 Å². The van der Waals surface area contributed by atoms with Crippen molar-refractivity contribution in [3.05, 3.63) is 35.4 Å². The number of carbonyl (C=O) groups is 2. The van der Waals surface area contributed by atoms with Crippen LogP contribution in [0.25, 0.3) is 0 Å². The van der Waals surface area contributed by atoms with Gasteiger partial charge in [-0.2, -0.15) is 0 Å². The third kappa shape index (κ3) is 5.58. The molecule has 0 saturated heterocycles. The molecule has 0 radical (unpaired) electrons. The van der Waals surface area contributed by atoms with E-state index in [9.17, 15) is 9.59 Å². The molecule has 1 amide bonds. The molecule has 116 valence electrons. The van der Waals surface area contributed by atoms with E-state index < -0.39 is 5.97 Å². The summed E-state index contributed by atoms with van der Waals surface area (Å²) >= 11 is 0. The van der Waals surface area contributed by atoms with Crippen molar-refractivity contribution in [2.75, 3.05) is 13.1 Å². The van der Waals surface area contributed by atoms with Gasteiger partial charge in [-0.05, 0) is 29.5 Å². The Morgan fingerprint density at radius 3 is 2.10 bits per heavy atom. The predicted octanol–water partition coefficient (Wildman–Crippen LogP) is 3.38. The maximum Gasteiger partial charge on any atom is 0.305 e. The van der Waals surface area contributed by atoms with E-state index in [0.29, 0.717) is 23.9 Å². The summed E-state index contributed by atoms with van der Waals surface area (Å²) in [6.07, 6.45) is -0.0253. The van der Waals surface area contributed by atoms with Crippen LogP contribution in [-0.2, 0) is 4.79 Å². The van der Waals surface area contributed by atoms with Crippen molar-refractivity contribution < 1.29 is 14.7 Å². The van der Waals surface area contributed by atoms with Gasteiger partial charge in [-0.25, -0.2) is 0 Å². The Bertz CT molecular complexity index is 477. The normalized spacial score (nSPS) is 11.0. The number of hydrogen-bond acceptors (Lipinski definition) is 2. The second-order valence-electron chi connectivity index (χ2n) is 6.07. The Morgan fingerprint density at radius 2 is 1.67 bits per heavy atom. The zero-order chi connectivity index (χ0) is 16.0. The molecule has 4 nitrogen and oxygen atoms in total. The van der Waals surface area contributed by atoms with Gasteiger partial charge in [0, 0.05) is 18.7 Å². The van der Waals surface area contributed by atoms with E-state index >= 15 is 0 Å². The zero-order valence-corrected chi connectivity index (χ0v) is 13.3. The summed E-state index contributed by atoms with van der Waals surface area (Å²) in [5.41, 5.74) is 1.80. The van der Waals surface area contributed by atoms with Crippen molar-refractivity contribution in [3.8, 4) is 0 Å². The average Bonchev–Trinajstić information content (AvgIpc) is 2.42. The number of amides is 1. The number of rotatable bonds is 7. The summed E-state index contributed by atoms with van der Waals surface area (Å²) in [6.45, 7) is 9.06. The first kappa shape index (κ1) is 17.2. The van der Waals surface area contributed by atoms with E-state index in [1.165, 1.54) is 5.56 Å². The van der Waals surface area contributed by atoms with Gasteiger partial charge < -0.3 is 10.0 Å². The number of carboxylic acids is 1. The predicted molar refractivity (Wildman–Crippen MR) is 83.5 cm³/mol. The molecule has 0 aliphatic rings. The second-order valence-corrected chi connectivity index (χ2v) is 6.07. The number of carboxylic acid groups (broad SMARTS) is 1. The van der Waals surface area contributed by atoms with Crippen molar-refractivity contribution in [2.45, 2.75) is 40.0 Å². The first-order valence-corrected chi connectivity index (χ1v) is 7.42. The van der Waals surface area contributed by atoms with Crippen molar-refractivity contribution in [3.63, 3.8) is 0 Å². The summed E-state index contributed by atoms with van der Waals surface area (Å²) in [4.78, 5) is 24.9.